The highest BCUT2D eigenvalue weighted by atomic mass is 19.4. The van der Waals surface area contributed by atoms with Gasteiger partial charge in [-0.25, -0.2) is 0 Å². The van der Waals surface area contributed by atoms with Gasteiger partial charge < -0.3 is 0 Å². The number of para-hydroxylation sites is 1. The van der Waals surface area contributed by atoms with Crippen LogP contribution in [0.3, 0.4) is 0 Å². The number of nitrogens with one attached hydrogen (secondary N) is 1. The molecule has 0 saturated carbocycles. The van der Waals surface area contributed by atoms with Crippen LogP contribution in [0, 0.1) is 13.8 Å². The van der Waals surface area contributed by atoms with E-state index in [1.165, 1.54) is 24.4 Å². The number of halogens is 3. The summed E-state index contributed by atoms with van der Waals surface area (Å²) >= 11 is 0. The molecule has 4 nitrogen and oxygen atoms in total. The monoisotopic (exact) mass is 372 g/mol. The van der Waals surface area contributed by atoms with Gasteiger partial charge in [-0.3, -0.25) is 10.1 Å². The number of aromatic nitrogens is 2. The van der Waals surface area contributed by atoms with Crippen molar-refractivity contribution < 1.29 is 13.2 Å². The van der Waals surface area contributed by atoms with Crippen LogP contribution in [-0.4, -0.2) is 16.0 Å². The first-order valence-corrected chi connectivity index (χ1v) is 8.39. The minimum atomic E-state index is -4.44. The number of hydrogen-bond donors (Lipinski definition) is 1. The molecule has 27 heavy (non-hydrogen) atoms. The molecule has 0 saturated heterocycles. The average Bonchev–Trinajstić information content (AvgIpc) is 2.89. The Hall–Kier alpha value is -3.09. The standard InChI is InChI=1S/C20H19F3N4/c1-14-17(15(2)27(26-14)13-16-8-4-3-5-9-16)12-24-25-19-11-7-6-10-18(19)20(21,22)23/h3-12,25H,13H2,1-2H3/b24-12-. The molecule has 0 aliphatic rings. The van der Waals surface area contributed by atoms with Crippen molar-refractivity contribution in [2.45, 2.75) is 26.6 Å². The van der Waals surface area contributed by atoms with Crippen LogP contribution in [0.2, 0.25) is 0 Å². The highest BCUT2D eigenvalue weighted by Crippen LogP contribution is 2.34. The van der Waals surface area contributed by atoms with E-state index < -0.39 is 11.7 Å². The summed E-state index contributed by atoms with van der Waals surface area (Å²) in [6.45, 7) is 4.37. The van der Waals surface area contributed by atoms with Crippen molar-refractivity contribution in [2.24, 2.45) is 5.10 Å². The Kier molecular flexibility index (Phi) is 5.30. The summed E-state index contributed by atoms with van der Waals surface area (Å²) in [4.78, 5) is 0. The lowest BCUT2D eigenvalue weighted by Gasteiger charge is -2.11. The Morgan fingerprint density at radius 3 is 2.41 bits per heavy atom. The number of alkyl halides is 3. The van der Waals surface area contributed by atoms with Gasteiger partial charge in [-0.05, 0) is 31.5 Å². The Morgan fingerprint density at radius 2 is 1.70 bits per heavy atom. The molecule has 0 fully saturated rings. The molecular formula is C20H19F3N4. The second-order valence-electron chi connectivity index (χ2n) is 6.14. The van der Waals surface area contributed by atoms with Crippen LogP contribution in [0.4, 0.5) is 18.9 Å². The van der Waals surface area contributed by atoms with Crippen LogP contribution in [0.1, 0.15) is 28.1 Å². The summed E-state index contributed by atoms with van der Waals surface area (Å²) in [5, 5.41) is 8.51. The SMILES string of the molecule is Cc1nn(Cc2ccccc2)c(C)c1/C=N\Nc1ccccc1C(F)(F)F. The molecule has 2 aromatic carbocycles. The van der Waals surface area contributed by atoms with Crippen LogP contribution < -0.4 is 5.43 Å². The second-order valence-corrected chi connectivity index (χ2v) is 6.14. The van der Waals surface area contributed by atoms with Crippen molar-refractivity contribution in [3.63, 3.8) is 0 Å². The number of hydrazone groups is 1. The molecule has 1 heterocycles. The maximum atomic E-state index is 13.0. The van der Waals surface area contributed by atoms with Gasteiger partial charge >= 0.3 is 6.18 Å². The van der Waals surface area contributed by atoms with Gasteiger partial charge in [0.1, 0.15) is 0 Å². The number of nitrogens with zero attached hydrogens (tertiary/aromatic N) is 3. The molecule has 0 amide bonds. The topological polar surface area (TPSA) is 42.2 Å². The van der Waals surface area contributed by atoms with E-state index in [1.807, 2.05) is 48.9 Å². The van der Waals surface area contributed by atoms with Crippen molar-refractivity contribution in [1.82, 2.24) is 9.78 Å². The van der Waals surface area contributed by atoms with Crippen molar-refractivity contribution in [2.75, 3.05) is 5.43 Å². The van der Waals surface area contributed by atoms with Gasteiger partial charge in [0.25, 0.3) is 0 Å². The van der Waals surface area contributed by atoms with Crippen molar-refractivity contribution >= 4 is 11.9 Å². The summed E-state index contributed by atoms with van der Waals surface area (Å²) in [6, 6.07) is 15.1. The molecule has 0 aliphatic heterocycles. The predicted octanol–water partition coefficient (Wildman–Crippen LogP) is 5.01. The molecule has 0 spiro atoms. The van der Waals surface area contributed by atoms with E-state index in [-0.39, 0.29) is 5.69 Å². The molecule has 1 N–H and O–H groups in total. The van der Waals surface area contributed by atoms with Crippen LogP contribution >= 0.6 is 0 Å². The van der Waals surface area contributed by atoms with Crippen molar-refractivity contribution in [3.05, 3.63) is 82.7 Å². The van der Waals surface area contributed by atoms with E-state index in [1.54, 1.807) is 0 Å². The summed E-state index contributed by atoms with van der Waals surface area (Å²) in [5.41, 5.74) is 5.20. The first-order valence-electron chi connectivity index (χ1n) is 8.39. The highest BCUT2D eigenvalue weighted by Gasteiger charge is 2.33. The molecule has 0 unspecified atom stereocenters. The zero-order valence-electron chi connectivity index (χ0n) is 15.0. The van der Waals surface area contributed by atoms with E-state index in [2.05, 4.69) is 15.6 Å². The average molecular weight is 372 g/mol. The van der Waals surface area contributed by atoms with Gasteiger partial charge in [-0.1, -0.05) is 42.5 Å². The van der Waals surface area contributed by atoms with Crippen LogP contribution in [0.25, 0.3) is 0 Å². The fourth-order valence-corrected chi connectivity index (χ4v) is 2.80. The van der Waals surface area contributed by atoms with Crippen LogP contribution in [0.15, 0.2) is 59.7 Å². The summed E-state index contributed by atoms with van der Waals surface area (Å²) < 4.78 is 41.0. The number of anilines is 1. The Labute approximate surface area is 155 Å². The minimum absolute atomic E-state index is 0.0896. The van der Waals surface area contributed by atoms with Gasteiger partial charge in [0.05, 0.1) is 29.7 Å². The van der Waals surface area contributed by atoms with Gasteiger partial charge in [0.2, 0.25) is 0 Å². The third-order valence-corrected chi connectivity index (χ3v) is 4.22. The lowest BCUT2D eigenvalue weighted by Crippen LogP contribution is -2.08. The number of hydrogen-bond acceptors (Lipinski definition) is 3. The van der Waals surface area contributed by atoms with Gasteiger partial charge in [0, 0.05) is 11.3 Å². The van der Waals surface area contributed by atoms with Gasteiger partial charge in [-0.15, -0.1) is 0 Å². The normalized spacial score (nSPS) is 11.9. The maximum absolute atomic E-state index is 13.0. The first kappa shape index (κ1) is 18.7. The smallest absolute Gasteiger partial charge is 0.278 e. The Balaban J connectivity index is 1.79. The van der Waals surface area contributed by atoms with Crippen LogP contribution in [0.5, 0.6) is 0 Å². The zero-order chi connectivity index (χ0) is 19.4. The van der Waals surface area contributed by atoms with Crippen LogP contribution in [-0.2, 0) is 12.7 Å². The Bertz CT molecular complexity index is 944. The molecule has 0 atom stereocenters. The molecule has 1 aromatic heterocycles. The lowest BCUT2D eigenvalue weighted by atomic mass is 10.2. The van der Waals surface area contributed by atoms with Gasteiger partial charge in [-0.2, -0.15) is 23.4 Å². The molecule has 3 rings (SSSR count). The third-order valence-electron chi connectivity index (χ3n) is 4.22. The number of rotatable bonds is 5. The lowest BCUT2D eigenvalue weighted by molar-refractivity contribution is -0.136. The quantitative estimate of drug-likeness (QED) is 0.505. The first-order chi connectivity index (χ1) is 12.9. The van der Waals surface area contributed by atoms with E-state index in [4.69, 9.17) is 0 Å². The summed E-state index contributed by atoms with van der Waals surface area (Å²) in [7, 11) is 0. The minimum Gasteiger partial charge on any atom is -0.278 e. The Morgan fingerprint density at radius 1 is 1.04 bits per heavy atom. The van der Waals surface area contributed by atoms with E-state index >= 15 is 0 Å². The van der Waals surface area contributed by atoms with E-state index in [0.717, 1.165) is 28.6 Å². The van der Waals surface area contributed by atoms with Crippen molar-refractivity contribution in [1.29, 1.82) is 0 Å². The zero-order valence-corrected chi connectivity index (χ0v) is 15.0. The van der Waals surface area contributed by atoms with E-state index in [9.17, 15) is 13.2 Å². The van der Waals surface area contributed by atoms with Gasteiger partial charge in [0.15, 0.2) is 0 Å². The highest BCUT2D eigenvalue weighted by molar-refractivity contribution is 5.83. The predicted molar refractivity (Wildman–Crippen MR) is 99.9 cm³/mol. The third kappa shape index (κ3) is 4.36. The fourth-order valence-electron chi connectivity index (χ4n) is 2.80. The molecule has 140 valence electrons. The molecular weight excluding hydrogens is 353 g/mol. The maximum Gasteiger partial charge on any atom is 0.418 e. The molecule has 0 aliphatic carbocycles. The number of aryl methyl sites for hydroxylation is 1. The molecule has 0 bridgehead atoms. The summed E-state index contributed by atoms with van der Waals surface area (Å²) in [6.07, 6.45) is -2.93. The number of benzene rings is 2. The molecule has 7 heteroatoms. The fraction of sp³-hybridized carbons (Fsp3) is 0.200. The van der Waals surface area contributed by atoms with Crippen molar-refractivity contribution in [3.8, 4) is 0 Å². The van der Waals surface area contributed by atoms with E-state index in [0.29, 0.717) is 6.54 Å². The summed E-state index contributed by atoms with van der Waals surface area (Å²) in [5.74, 6) is 0. The molecule has 3 aromatic rings. The second kappa shape index (κ2) is 7.65. The molecule has 0 radical (unpaired) electrons. The largest absolute Gasteiger partial charge is 0.418 e.